The molecule has 0 bridgehead atoms. The van der Waals surface area contributed by atoms with Crippen molar-refractivity contribution < 1.29 is 9.53 Å². The number of hydrogen-bond acceptors (Lipinski definition) is 4. The average Bonchev–Trinajstić information content (AvgIpc) is 2.19. The Bertz CT molecular complexity index is 197. The Morgan fingerprint density at radius 2 is 2.36 bits per heavy atom. The molecule has 0 amide bonds. The van der Waals surface area contributed by atoms with Crippen LogP contribution in [-0.4, -0.2) is 44.2 Å². The third-order valence-electron chi connectivity index (χ3n) is 2.94. The van der Waals surface area contributed by atoms with E-state index in [2.05, 4.69) is 16.7 Å². The van der Waals surface area contributed by atoms with Crippen LogP contribution in [0, 0.1) is 5.92 Å². The maximum Gasteiger partial charge on any atom is 0.305 e. The van der Waals surface area contributed by atoms with Gasteiger partial charge in [0.25, 0.3) is 0 Å². The molecule has 0 saturated carbocycles. The van der Waals surface area contributed by atoms with Crippen molar-refractivity contribution in [1.82, 2.24) is 4.90 Å². The largest absolute Gasteiger partial charge is 0.469 e. The van der Waals surface area contributed by atoms with Gasteiger partial charge < -0.3 is 15.4 Å². The van der Waals surface area contributed by atoms with Crippen LogP contribution in [0.1, 0.15) is 19.3 Å². The molecule has 1 aliphatic heterocycles. The molecule has 0 aromatic rings. The first-order valence-electron chi connectivity index (χ1n) is 5.14. The second kappa shape index (κ2) is 5.32. The monoisotopic (exact) mass is 200 g/mol. The molecule has 1 rings (SSSR count). The summed E-state index contributed by atoms with van der Waals surface area (Å²) >= 11 is 0. The van der Waals surface area contributed by atoms with Crippen LogP contribution >= 0.6 is 0 Å². The van der Waals surface area contributed by atoms with Gasteiger partial charge in [-0.05, 0) is 32.4 Å². The smallest absolute Gasteiger partial charge is 0.305 e. The lowest BCUT2D eigenvalue weighted by molar-refractivity contribution is -0.141. The van der Waals surface area contributed by atoms with Crippen LogP contribution in [0.25, 0.3) is 0 Å². The summed E-state index contributed by atoms with van der Waals surface area (Å²) in [7, 11) is 3.52. The van der Waals surface area contributed by atoms with E-state index >= 15 is 0 Å². The molecule has 0 unspecified atom stereocenters. The number of esters is 1. The summed E-state index contributed by atoms with van der Waals surface area (Å²) < 4.78 is 4.61. The van der Waals surface area contributed by atoms with Crippen LogP contribution in [0.2, 0.25) is 0 Å². The van der Waals surface area contributed by atoms with Crippen LogP contribution < -0.4 is 5.73 Å². The van der Waals surface area contributed by atoms with Gasteiger partial charge in [-0.2, -0.15) is 0 Å². The fraction of sp³-hybridized carbons (Fsp3) is 0.900. The normalized spacial score (nSPS) is 28.8. The number of nitrogens with two attached hydrogens (primary N) is 1. The SMILES string of the molecule is COC(=O)CC[C@H]1CN(C)CC[C@H]1N. The molecule has 0 aromatic heterocycles. The number of nitrogens with zero attached hydrogens (tertiary/aromatic N) is 1. The van der Waals surface area contributed by atoms with Gasteiger partial charge in [0.05, 0.1) is 7.11 Å². The van der Waals surface area contributed by atoms with Crippen molar-refractivity contribution in [2.75, 3.05) is 27.2 Å². The second-order valence-electron chi connectivity index (χ2n) is 4.09. The first-order chi connectivity index (χ1) is 6.63. The van der Waals surface area contributed by atoms with Crippen molar-refractivity contribution >= 4 is 5.97 Å². The van der Waals surface area contributed by atoms with Crippen molar-refractivity contribution in [3.8, 4) is 0 Å². The van der Waals surface area contributed by atoms with E-state index < -0.39 is 0 Å². The molecular weight excluding hydrogens is 180 g/mol. The van der Waals surface area contributed by atoms with Crippen LogP contribution in [0.4, 0.5) is 0 Å². The molecule has 0 aromatic carbocycles. The third-order valence-corrected chi connectivity index (χ3v) is 2.94. The Morgan fingerprint density at radius 3 is 3.00 bits per heavy atom. The second-order valence-corrected chi connectivity index (χ2v) is 4.09. The molecule has 1 aliphatic rings. The summed E-state index contributed by atoms with van der Waals surface area (Å²) in [6.07, 6.45) is 2.36. The van der Waals surface area contributed by atoms with Crippen molar-refractivity contribution in [2.45, 2.75) is 25.3 Å². The number of piperidine rings is 1. The maximum atomic E-state index is 11.0. The number of likely N-dealkylation sites (tertiary alicyclic amines) is 1. The number of carbonyl (C=O) groups is 1. The van der Waals surface area contributed by atoms with E-state index in [9.17, 15) is 4.79 Å². The molecule has 14 heavy (non-hydrogen) atoms. The quantitative estimate of drug-likeness (QED) is 0.662. The van der Waals surface area contributed by atoms with E-state index in [-0.39, 0.29) is 12.0 Å². The van der Waals surface area contributed by atoms with Gasteiger partial charge in [0.15, 0.2) is 0 Å². The molecule has 4 heteroatoms. The number of hydrogen-bond donors (Lipinski definition) is 1. The summed E-state index contributed by atoms with van der Waals surface area (Å²) in [6, 6.07) is 0.246. The Labute approximate surface area is 85.4 Å². The predicted molar refractivity (Wildman–Crippen MR) is 54.8 cm³/mol. The number of ether oxygens (including phenoxy) is 1. The summed E-state index contributed by atoms with van der Waals surface area (Å²) in [6.45, 7) is 2.06. The highest BCUT2D eigenvalue weighted by Crippen LogP contribution is 2.19. The molecule has 4 nitrogen and oxygen atoms in total. The lowest BCUT2D eigenvalue weighted by atomic mass is 9.89. The zero-order chi connectivity index (χ0) is 10.6. The standard InChI is InChI=1S/C10H20N2O2/c1-12-6-5-9(11)8(7-12)3-4-10(13)14-2/h8-9H,3-7,11H2,1-2H3/t8-,9+/m0/s1. The Morgan fingerprint density at radius 1 is 1.64 bits per heavy atom. The number of methoxy groups -OCH3 is 1. The molecule has 1 heterocycles. The van der Waals surface area contributed by atoms with Gasteiger partial charge in [-0.1, -0.05) is 0 Å². The van der Waals surface area contributed by atoms with Gasteiger partial charge in [-0.25, -0.2) is 0 Å². The van der Waals surface area contributed by atoms with Crippen molar-refractivity contribution in [2.24, 2.45) is 11.7 Å². The zero-order valence-electron chi connectivity index (χ0n) is 9.03. The molecular formula is C10H20N2O2. The fourth-order valence-electron chi connectivity index (χ4n) is 1.94. The van der Waals surface area contributed by atoms with Gasteiger partial charge in [0.1, 0.15) is 0 Å². The summed E-state index contributed by atoms with van der Waals surface area (Å²) in [5.41, 5.74) is 5.99. The third kappa shape index (κ3) is 3.27. The summed E-state index contributed by atoms with van der Waals surface area (Å²) in [5, 5.41) is 0. The van der Waals surface area contributed by atoms with E-state index in [0.717, 1.165) is 25.9 Å². The first kappa shape index (κ1) is 11.5. The number of rotatable bonds is 3. The predicted octanol–water partition coefficient (Wildman–Crippen LogP) is 0.219. The summed E-state index contributed by atoms with van der Waals surface area (Å²) in [4.78, 5) is 13.2. The van der Waals surface area contributed by atoms with Gasteiger partial charge in [-0.3, -0.25) is 4.79 Å². The Hall–Kier alpha value is -0.610. The minimum atomic E-state index is -0.134. The van der Waals surface area contributed by atoms with E-state index in [1.807, 2.05) is 0 Å². The van der Waals surface area contributed by atoms with Gasteiger partial charge in [0.2, 0.25) is 0 Å². The Kier molecular flexibility index (Phi) is 4.35. The van der Waals surface area contributed by atoms with E-state index in [1.54, 1.807) is 0 Å². The van der Waals surface area contributed by atoms with E-state index in [0.29, 0.717) is 12.3 Å². The highest BCUT2D eigenvalue weighted by Gasteiger charge is 2.24. The molecule has 2 N–H and O–H groups in total. The number of carbonyl (C=O) groups excluding carboxylic acids is 1. The molecule has 0 spiro atoms. The maximum absolute atomic E-state index is 11.0. The minimum absolute atomic E-state index is 0.134. The van der Waals surface area contributed by atoms with Crippen LogP contribution in [-0.2, 0) is 9.53 Å². The summed E-state index contributed by atoms with van der Waals surface area (Å²) in [5.74, 6) is 0.304. The van der Waals surface area contributed by atoms with Crippen LogP contribution in [0.5, 0.6) is 0 Å². The fourth-order valence-corrected chi connectivity index (χ4v) is 1.94. The highest BCUT2D eigenvalue weighted by atomic mass is 16.5. The highest BCUT2D eigenvalue weighted by molar-refractivity contribution is 5.69. The minimum Gasteiger partial charge on any atom is -0.469 e. The first-order valence-corrected chi connectivity index (χ1v) is 5.14. The molecule has 2 atom stereocenters. The average molecular weight is 200 g/mol. The van der Waals surface area contributed by atoms with Crippen molar-refractivity contribution in [3.63, 3.8) is 0 Å². The lowest BCUT2D eigenvalue weighted by Crippen LogP contribution is -2.45. The van der Waals surface area contributed by atoms with Crippen molar-refractivity contribution in [3.05, 3.63) is 0 Å². The van der Waals surface area contributed by atoms with Gasteiger partial charge in [-0.15, -0.1) is 0 Å². The molecule has 1 fully saturated rings. The topological polar surface area (TPSA) is 55.6 Å². The Balaban J connectivity index is 2.30. The van der Waals surface area contributed by atoms with Crippen LogP contribution in [0.15, 0.2) is 0 Å². The zero-order valence-corrected chi connectivity index (χ0v) is 9.03. The molecule has 1 saturated heterocycles. The molecule has 0 radical (unpaired) electrons. The van der Waals surface area contributed by atoms with E-state index in [4.69, 9.17) is 5.73 Å². The van der Waals surface area contributed by atoms with Gasteiger partial charge >= 0.3 is 5.97 Å². The molecule has 0 aliphatic carbocycles. The van der Waals surface area contributed by atoms with Crippen LogP contribution in [0.3, 0.4) is 0 Å². The lowest BCUT2D eigenvalue weighted by Gasteiger charge is -2.34. The molecule has 82 valence electrons. The van der Waals surface area contributed by atoms with Crippen molar-refractivity contribution in [1.29, 1.82) is 0 Å². The van der Waals surface area contributed by atoms with E-state index in [1.165, 1.54) is 7.11 Å². The van der Waals surface area contributed by atoms with Gasteiger partial charge in [0, 0.05) is 19.0 Å².